The Labute approximate surface area is 106 Å². The fraction of sp³-hybridized carbons (Fsp3) is 0.357. The molecule has 4 heteroatoms. The molecule has 0 radical (unpaired) electrons. The Bertz CT molecular complexity index is 482. The number of carbonyl (C=O) groups is 1. The molecule has 1 aromatic carbocycles. The number of ether oxygens (including phenoxy) is 1. The van der Waals surface area contributed by atoms with Crippen molar-refractivity contribution in [1.82, 2.24) is 0 Å². The van der Waals surface area contributed by atoms with E-state index in [1.54, 1.807) is 13.0 Å². The first-order chi connectivity index (χ1) is 8.76. The lowest BCUT2D eigenvalue weighted by molar-refractivity contribution is -0.143. The van der Waals surface area contributed by atoms with Gasteiger partial charge in [0.25, 0.3) is 0 Å². The highest BCUT2D eigenvalue weighted by Gasteiger charge is 2.24. The van der Waals surface area contributed by atoms with Gasteiger partial charge in [-0.3, -0.25) is 4.79 Å². The predicted octanol–water partition coefficient (Wildman–Crippen LogP) is 3.10. The van der Waals surface area contributed by atoms with Crippen molar-refractivity contribution < 1.29 is 9.53 Å². The number of nitrogens with zero attached hydrogens (tertiary/aromatic N) is 1. The molecule has 18 heavy (non-hydrogen) atoms. The molecule has 1 aliphatic carbocycles. The summed E-state index contributed by atoms with van der Waals surface area (Å²) in [5.41, 5.74) is 1.86. The van der Waals surface area contributed by atoms with E-state index >= 15 is 0 Å². The minimum absolute atomic E-state index is 0.0294. The second-order valence-corrected chi connectivity index (χ2v) is 4.18. The molecule has 94 valence electrons. The quantitative estimate of drug-likeness (QED) is 0.465. The number of esters is 1. The monoisotopic (exact) mass is 245 g/mol. The first-order valence-corrected chi connectivity index (χ1v) is 6.01. The zero-order valence-electron chi connectivity index (χ0n) is 10.2. The Balaban J connectivity index is 2.24. The van der Waals surface area contributed by atoms with Crippen LogP contribution in [-0.2, 0) is 9.53 Å². The highest BCUT2D eigenvalue weighted by Crippen LogP contribution is 2.36. The van der Waals surface area contributed by atoms with Crippen LogP contribution in [-0.4, -0.2) is 12.6 Å². The average Bonchev–Trinajstić information content (AvgIpc) is 2.39. The molecular weight excluding hydrogens is 230 g/mol. The van der Waals surface area contributed by atoms with Crippen molar-refractivity contribution >= 4 is 5.97 Å². The summed E-state index contributed by atoms with van der Waals surface area (Å²) in [6.07, 6.45) is 3.91. The zero-order chi connectivity index (χ0) is 13.0. The number of nitroso groups, excluding NO2 is 1. The Morgan fingerprint density at radius 2 is 2.00 bits per heavy atom. The van der Waals surface area contributed by atoms with E-state index in [4.69, 9.17) is 4.74 Å². The van der Waals surface area contributed by atoms with Gasteiger partial charge >= 0.3 is 5.97 Å². The lowest BCUT2D eigenvalue weighted by Crippen LogP contribution is -2.14. The van der Waals surface area contributed by atoms with E-state index in [2.05, 4.69) is 5.18 Å². The van der Waals surface area contributed by atoms with Gasteiger partial charge in [0.15, 0.2) is 0 Å². The Kier molecular flexibility index (Phi) is 3.87. The van der Waals surface area contributed by atoms with Crippen LogP contribution in [0.4, 0.5) is 0 Å². The van der Waals surface area contributed by atoms with Crippen molar-refractivity contribution in [2.45, 2.75) is 25.3 Å². The molecule has 1 aliphatic rings. The van der Waals surface area contributed by atoms with Gasteiger partial charge < -0.3 is 4.74 Å². The number of hydrogen-bond donors (Lipinski definition) is 0. The molecule has 0 spiro atoms. The van der Waals surface area contributed by atoms with E-state index in [1.807, 2.05) is 30.3 Å². The molecule has 0 fully saturated rings. The van der Waals surface area contributed by atoms with Crippen LogP contribution < -0.4 is 0 Å². The fourth-order valence-electron chi connectivity index (χ4n) is 2.23. The molecule has 0 aromatic heterocycles. The molecule has 0 N–H and O–H groups in total. The summed E-state index contributed by atoms with van der Waals surface area (Å²) in [6.45, 7) is 2.17. The summed E-state index contributed by atoms with van der Waals surface area (Å²) in [7, 11) is 0. The second-order valence-electron chi connectivity index (χ2n) is 4.18. The number of allylic oxidation sites excluding steroid dienone is 1. The van der Waals surface area contributed by atoms with Gasteiger partial charge in [0.05, 0.1) is 13.0 Å². The highest BCUT2D eigenvalue weighted by molar-refractivity contribution is 5.71. The first kappa shape index (κ1) is 12.5. The lowest BCUT2D eigenvalue weighted by Gasteiger charge is -2.22. The van der Waals surface area contributed by atoms with Gasteiger partial charge in [-0.2, -0.15) is 0 Å². The van der Waals surface area contributed by atoms with Gasteiger partial charge in [0.1, 0.15) is 6.04 Å². The number of rotatable bonds is 4. The van der Waals surface area contributed by atoms with Crippen LogP contribution >= 0.6 is 0 Å². The van der Waals surface area contributed by atoms with Crippen LogP contribution in [0.5, 0.6) is 0 Å². The molecule has 2 atom stereocenters. The summed E-state index contributed by atoms with van der Waals surface area (Å²) >= 11 is 0. The van der Waals surface area contributed by atoms with Gasteiger partial charge in [-0.05, 0) is 18.1 Å². The lowest BCUT2D eigenvalue weighted by atomic mass is 9.84. The Morgan fingerprint density at radius 3 is 2.67 bits per heavy atom. The second kappa shape index (κ2) is 5.58. The molecule has 1 aromatic rings. The SMILES string of the molecule is CCOC(=O)C[C@H]1C=C[C@H](N=O)c2ccccc21. The third-order valence-electron chi connectivity index (χ3n) is 3.05. The van der Waals surface area contributed by atoms with Crippen LogP contribution in [0.15, 0.2) is 41.6 Å². The predicted molar refractivity (Wildman–Crippen MR) is 68.1 cm³/mol. The van der Waals surface area contributed by atoms with Crippen LogP contribution in [0.3, 0.4) is 0 Å². The minimum atomic E-state index is -0.445. The zero-order valence-corrected chi connectivity index (χ0v) is 10.2. The third-order valence-corrected chi connectivity index (χ3v) is 3.05. The van der Waals surface area contributed by atoms with Gasteiger partial charge in [0.2, 0.25) is 0 Å². The summed E-state index contributed by atoms with van der Waals surface area (Å²) in [6, 6.07) is 7.14. The number of fused-ring (bicyclic) bond motifs is 1. The normalized spacial score (nSPS) is 21.2. The maximum absolute atomic E-state index is 11.5. The third kappa shape index (κ3) is 2.47. The number of benzene rings is 1. The average molecular weight is 245 g/mol. The van der Waals surface area contributed by atoms with E-state index < -0.39 is 6.04 Å². The van der Waals surface area contributed by atoms with Crippen molar-refractivity contribution in [2.75, 3.05) is 6.61 Å². The molecule has 0 saturated heterocycles. The van der Waals surface area contributed by atoms with E-state index in [9.17, 15) is 9.70 Å². The molecule has 0 aliphatic heterocycles. The molecular formula is C14H15NO3. The van der Waals surface area contributed by atoms with Crippen molar-refractivity contribution in [3.8, 4) is 0 Å². The molecule has 2 rings (SSSR count). The van der Waals surface area contributed by atoms with Crippen molar-refractivity contribution in [1.29, 1.82) is 0 Å². The topological polar surface area (TPSA) is 55.7 Å². The largest absolute Gasteiger partial charge is 0.466 e. The number of hydrogen-bond acceptors (Lipinski definition) is 4. The van der Waals surface area contributed by atoms with Gasteiger partial charge in [-0.1, -0.05) is 41.6 Å². The summed E-state index contributed by atoms with van der Waals surface area (Å²) in [4.78, 5) is 22.3. The highest BCUT2D eigenvalue weighted by atomic mass is 16.5. The van der Waals surface area contributed by atoms with Crippen molar-refractivity contribution in [2.24, 2.45) is 5.18 Å². The van der Waals surface area contributed by atoms with Crippen LogP contribution in [0.2, 0.25) is 0 Å². The van der Waals surface area contributed by atoms with E-state index in [0.717, 1.165) is 11.1 Å². The molecule has 4 nitrogen and oxygen atoms in total. The van der Waals surface area contributed by atoms with E-state index in [0.29, 0.717) is 13.0 Å². The smallest absolute Gasteiger partial charge is 0.306 e. The van der Waals surface area contributed by atoms with Crippen molar-refractivity contribution in [3.63, 3.8) is 0 Å². The van der Waals surface area contributed by atoms with Gasteiger partial charge in [0, 0.05) is 5.92 Å². The van der Waals surface area contributed by atoms with Crippen LogP contribution in [0.25, 0.3) is 0 Å². The van der Waals surface area contributed by atoms with E-state index in [1.165, 1.54) is 0 Å². The summed E-state index contributed by atoms with van der Waals surface area (Å²) in [5, 5.41) is 3.09. The number of carbonyl (C=O) groups excluding carboxylic acids is 1. The van der Waals surface area contributed by atoms with Gasteiger partial charge in [-0.25, -0.2) is 0 Å². The summed E-state index contributed by atoms with van der Waals surface area (Å²) in [5.74, 6) is -0.252. The maximum atomic E-state index is 11.5. The Morgan fingerprint density at radius 1 is 1.28 bits per heavy atom. The summed E-state index contributed by atoms with van der Waals surface area (Å²) < 4.78 is 4.95. The van der Waals surface area contributed by atoms with E-state index in [-0.39, 0.29) is 11.9 Å². The molecule has 0 saturated carbocycles. The van der Waals surface area contributed by atoms with Crippen LogP contribution in [0.1, 0.15) is 36.4 Å². The fourth-order valence-corrected chi connectivity index (χ4v) is 2.23. The standard InChI is InChI=1S/C14H15NO3/c1-2-18-14(16)9-10-7-8-13(15-17)12-6-4-3-5-11(10)12/h3-8,10,13H,2,9H2,1H3/t10-,13+/m1/s1. The van der Waals surface area contributed by atoms with Crippen LogP contribution in [0, 0.1) is 4.91 Å². The molecule has 0 amide bonds. The first-order valence-electron chi connectivity index (χ1n) is 6.01. The molecule has 0 unspecified atom stereocenters. The maximum Gasteiger partial charge on any atom is 0.306 e. The minimum Gasteiger partial charge on any atom is -0.466 e. The Hall–Kier alpha value is -1.97. The van der Waals surface area contributed by atoms with Gasteiger partial charge in [-0.15, -0.1) is 4.91 Å². The van der Waals surface area contributed by atoms with Crippen molar-refractivity contribution in [3.05, 3.63) is 52.5 Å². The molecule has 0 bridgehead atoms. The molecule has 0 heterocycles.